The van der Waals surface area contributed by atoms with Gasteiger partial charge in [-0.3, -0.25) is 0 Å². The number of halogens is 1. The molecule has 1 heterocycles. The average Bonchev–Trinajstić information content (AvgIpc) is 2.92. The minimum atomic E-state index is 0.266. The van der Waals surface area contributed by atoms with Crippen LogP contribution in [-0.2, 0) is 0 Å². The third-order valence-corrected chi connectivity index (χ3v) is 3.69. The predicted octanol–water partition coefficient (Wildman–Crippen LogP) is 5.07. The van der Waals surface area contributed by atoms with Crippen LogP contribution in [-0.4, -0.2) is 4.98 Å². The van der Waals surface area contributed by atoms with E-state index in [4.69, 9.17) is 16.0 Å². The van der Waals surface area contributed by atoms with Crippen LogP contribution >= 0.6 is 11.6 Å². The highest BCUT2D eigenvalue weighted by atomic mass is 35.5. The van der Waals surface area contributed by atoms with Crippen LogP contribution in [0, 0.1) is 25.2 Å². The number of oxazole rings is 1. The standard InChI is InChI=1S/C18H14ClN3O/c1-11-3-5-15(12(2)7-11)21-10-13(9-20)18-22-16-8-14(19)4-6-17(16)23-18/h3-8,10,21H,1-2H3. The number of anilines is 1. The first-order valence-electron chi connectivity index (χ1n) is 7.07. The Bertz CT molecular complexity index is 951. The highest BCUT2D eigenvalue weighted by Gasteiger charge is 2.11. The van der Waals surface area contributed by atoms with Crippen molar-refractivity contribution >= 4 is 34.0 Å². The molecule has 0 fully saturated rings. The normalized spacial score (nSPS) is 11.5. The van der Waals surface area contributed by atoms with E-state index in [1.54, 1.807) is 24.4 Å². The summed E-state index contributed by atoms with van der Waals surface area (Å²) in [4.78, 5) is 4.31. The molecule has 4 nitrogen and oxygen atoms in total. The first kappa shape index (κ1) is 15.1. The highest BCUT2D eigenvalue weighted by Crippen LogP contribution is 2.24. The lowest BCUT2D eigenvalue weighted by Crippen LogP contribution is -1.94. The monoisotopic (exact) mass is 323 g/mol. The van der Waals surface area contributed by atoms with Crippen molar-refractivity contribution < 1.29 is 4.42 Å². The smallest absolute Gasteiger partial charge is 0.239 e. The Kier molecular flexibility index (Phi) is 4.05. The lowest BCUT2D eigenvalue weighted by molar-refractivity contribution is 0.586. The van der Waals surface area contributed by atoms with Crippen molar-refractivity contribution in [2.24, 2.45) is 0 Å². The van der Waals surface area contributed by atoms with Crippen molar-refractivity contribution in [2.75, 3.05) is 5.32 Å². The molecule has 5 heteroatoms. The number of aryl methyl sites for hydroxylation is 2. The number of benzene rings is 2. The molecule has 0 aliphatic rings. The van der Waals surface area contributed by atoms with E-state index in [-0.39, 0.29) is 5.89 Å². The number of hydrogen-bond donors (Lipinski definition) is 1. The molecule has 0 amide bonds. The van der Waals surface area contributed by atoms with E-state index in [1.807, 2.05) is 26.0 Å². The topological polar surface area (TPSA) is 61.9 Å². The summed E-state index contributed by atoms with van der Waals surface area (Å²) >= 11 is 5.94. The zero-order valence-corrected chi connectivity index (χ0v) is 13.5. The molecule has 0 saturated carbocycles. The number of nitrogens with zero attached hydrogens (tertiary/aromatic N) is 2. The minimum absolute atomic E-state index is 0.266. The van der Waals surface area contributed by atoms with E-state index in [0.717, 1.165) is 11.3 Å². The Morgan fingerprint density at radius 3 is 2.83 bits per heavy atom. The number of rotatable bonds is 3. The van der Waals surface area contributed by atoms with Crippen LogP contribution in [0.1, 0.15) is 17.0 Å². The van der Waals surface area contributed by atoms with Crippen molar-refractivity contribution in [1.82, 2.24) is 4.98 Å². The first-order chi connectivity index (χ1) is 11.1. The van der Waals surface area contributed by atoms with E-state index in [1.165, 1.54) is 5.56 Å². The zero-order chi connectivity index (χ0) is 16.4. The van der Waals surface area contributed by atoms with Gasteiger partial charge < -0.3 is 9.73 Å². The lowest BCUT2D eigenvalue weighted by atomic mass is 10.1. The molecule has 3 aromatic rings. The molecule has 114 valence electrons. The quantitative estimate of drug-likeness (QED) is 0.683. The number of fused-ring (bicyclic) bond motifs is 1. The van der Waals surface area contributed by atoms with Gasteiger partial charge in [-0.1, -0.05) is 29.3 Å². The molecule has 0 unspecified atom stereocenters. The molecule has 0 saturated heterocycles. The second kappa shape index (κ2) is 6.15. The number of nitriles is 1. The second-order valence-corrected chi connectivity index (χ2v) is 5.70. The summed E-state index contributed by atoms with van der Waals surface area (Å²) in [6, 6.07) is 13.3. The van der Waals surface area contributed by atoms with Crippen LogP contribution in [0.15, 0.2) is 47.0 Å². The van der Waals surface area contributed by atoms with Gasteiger partial charge in [0.15, 0.2) is 5.58 Å². The Morgan fingerprint density at radius 2 is 2.09 bits per heavy atom. The van der Waals surface area contributed by atoms with Gasteiger partial charge >= 0.3 is 0 Å². The maximum Gasteiger partial charge on any atom is 0.239 e. The molecule has 2 aromatic carbocycles. The van der Waals surface area contributed by atoms with Gasteiger partial charge in [0.1, 0.15) is 17.2 Å². The molecule has 0 aliphatic heterocycles. The van der Waals surface area contributed by atoms with Crippen molar-refractivity contribution in [3.63, 3.8) is 0 Å². The maximum atomic E-state index is 9.37. The van der Waals surface area contributed by atoms with Crippen LogP contribution in [0.5, 0.6) is 0 Å². The van der Waals surface area contributed by atoms with E-state index in [2.05, 4.69) is 22.4 Å². The van der Waals surface area contributed by atoms with Crippen LogP contribution < -0.4 is 5.32 Å². The van der Waals surface area contributed by atoms with Gasteiger partial charge in [-0.15, -0.1) is 0 Å². The third-order valence-electron chi connectivity index (χ3n) is 3.45. The van der Waals surface area contributed by atoms with Crippen LogP contribution in [0.2, 0.25) is 5.02 Å². The van der Waals surface area contributed by atoms with Gasteiger partial charge in [-0.25, -0.2) is 4.98 Å². The van der Waals surface area contributed by atoms with Crippen LogP contribution in [0.4, 0.5) is 5.69 Å². The summed E-state index contributed by atoms with van der Waals surface area (Å²) < 4.78 is 5.61. The molecule has 1 aromatic heterocycles. The van der Waals surface area contributed by atoms with Gasteiger partial charge in [0.2, 0.25) is 5.89 Å². The van der Waals surface area contributed by atoms with Crippen molar-refractivity contribution in [3.05, 3.63) is 64.6 Å². The zero-order valence-electron chi connectivity index (χ0n) is 12.7. The summed E-state index contributed by atoms with van der Waals surface area (Å²) in [5.41, 5.74) is 4.76. The lowest BCUT2D eigenvalue weighted by Gasteiger charge is -2.06. The van der Waals surface area contributed by atoms with Gasteiger partial charge in [-0.2, -0.15) is 5.26 Å². The van der Waals surface area contributed by atoms with E-state index in [0.29, 0.717) is 21.7 Å². The van der Waals surface area contributed by atoms with E-state index < -0.39 is 0 Å². The van der Waals surface area contributed by atoms with Crippen molar-refractivity contribution in [3.8, 4) is 6.07 Å². The highest BCUT2D eigenvalue weighted by molar-refractivity contribution is 6.31. The van der Waals surface area contributed by atoms with Crippen molar-refractivity contribution in [2.45, 2.75) is 13.8 Å². The molecule has 1 N–H and O–H groups in total. The molecule has 0 aliphatic carbocycles. The number of allylic oxidation sites excluding steroid dienone is 1. The summed E-state index contributed by atoms with van der Waals surface area (Å²) in [6.45, 7) is 4.05. The summed E-state index contributed by atoms with van der Waals surface area (Å²) in [5.74, 6) is 0.266. The van der Waals surface area contributed by atoms with Gasteiger partial charge in [-0.05, 0) is 43.7 Å². The Balaban J connectivity index is 1.93. The molecule has 0 spiro atoms. The number of aromatic nitrogens is 1. The number of nitrogens with one attached hydrogen (secondary N) is 1. The Hall–Kier alpha value is -2.77. The molecule has 0 atom stereocenters. The summed E-state index contributed by atoms with van der Waals surface area (Å²) in [5, 5.41) is 13.1. The molecule has 23 heavy (non-hydrogen) atoms. The average molecular weight is 324 g/mol. The Labute approximate surface area is 139 Å². The second-order valence-electron chi connectivity index (χ2n) is 5.26. The molecule has 0 radical (unpaired) electrons. The fraction of sp³-hybridized carbons (Fsp3) is 0.111. The SMILES string of the molecule is Cc1ccc(NC=C(C#N)c2nc3cc(Cl)ccc3o2)c(C)c1. The predicted molar refractivity (Wildman–Crippen MR) is 92.1 cm³/mol. The van der Waals surface area contributed by atoms with E-state index >= 15 is 0 Å². The van der Waals surface area contributed by atoms with Crippen molar-refractivity contribution in [1.29, 1.82) is 5.26 Å². The largest absolute Gasteiger partial charge is 0.435 e. The number of hydrogen-bond acceptors (Lipinski definition) is 4. The fourth-order valence-electron chi connectivity index (χ4n) is 2.28. The summed E-state index contributed by atoms with van der Waals surface area (Å²) in [6.07, 6.45) is 1.60. The van der Waals surface area contributed by atoms with Gasteiger partial charge in [0.05, 0.1) is 0 Å². The molecule has 3 rings (SSSR count). The van der Waals surface area contributed by atoms with Gasteiger partial charge in [0.25, 0.3) is 0 Å². The fourth-order valence-corrected chi connectivity index (χ4v) is 2.45. The molecule has 0 bridgehead atoms. The maximum absolute atomic E-state index is 9.37. The van der Waals surface area contributed by atoms with E-state index in [9.17, 15) is 5.26 Å². The van der Waals surface area contributed by atoms with Crippen LogP contribution in [0.3, 0.4) is 0 Å². The first-order valence-corrected chi connectivity index (χ1v) is 7.45. The van der Waals surface area contributed by atoms with Gasteiger partial charge in [0, 0.05) is 16.9 Å². The Morgan fingerprint density at radius 1 is 1.26 bits per heavy atom. The molecular weight excluding hydrogens is 310 g/mol. The minimum Gasteiger partial charge on any atom is -0.435 e. The third kappa shape index (κ3) is 3.20. The summed E-state index contributed by atoms with van der Waals surface area (Å²) in [7, 11) is 0. The van der Waals surface area contributed by atoms with Crippen LogP contribution in [0.25, 0.3) is 16.7 Å². The molecular formula is C18H14ClN3O.